The van der Waals surface area contributed by atoms with Crippen LogP contribution in [0.15, 0.2) is 42.6 Å². The van der Waals surface area contributed by atoms with Crippen LogP contribution in [0.5, 0.6) is 5.88 Å². The molecule has 0 spiro atoms. The van der Waals surface area contributed by atoms with Crippen molar-refractivity contribution in [2.75, 3.05) is 11.9 Å². The number of nitrogens with one attached hydrogen (secondary N) is 1. The zero-order valence-electron chi connectivity index (χ0n) is 14.6. The standard InChI is InChI=1S/C18H16F2N6O2/c19-15(20)10-28-16-7-4-12(9-21-16)18(27)22-13-3-1-2-11(8-13)17-23-24-25-26(17)14-5-6-14/h1-4,7-9,14-15H,5-6,10H2,(H,22,27). The van der Waals surface area contributed by atoms with Crippen LogP contribution < -0.4 is 10.1 Å². The van der Waals surface area contributed by atoms with Crippen LogP contribution in [0.3, 0.4) is 0 Å². The summed E-state index contributed by atoms with van der Waals surface area (Å²) in [6, 6.07) is 10.4. The average molecular weight is 386 g/mol. The van der Waals surface area contributed by atoms with Gasteiger partial charge in [0.15, 0.2) is 12.4 Å². The van der Waals surface area contributed by atoms with E-state index in [0.717, 1.165) is 18.4 Å². The number of amides is 1. The van der Waals surface area contributed by atoms with Crippen molar-refractivity contribution in [3.63, 3.8) is 0 Å². The van der Waals surface area contributed by atoms with Gasteiger partial charge in [0.25, 0.3) is 12.3 Å². The van der Waals surface area contributed by atoms with Crippen LogP contribution in [0.1, 0.15) is 29.2 Å². The van der Waals surface area contributed by atoms with Crippen LogP contribution in [0.25, 0.3) is 11.4 Å². The van der Waals surface area contributed by atoms with Gasteiger partial charge in [-0.25, -0.2) is 18.4 Å². The maximum absolute atomic E-state index is 12.4. The second-order valence-electron chi connectivity index (χ2n) is 6.30. The molecule has 0 bridgehead atoms. The summed E-state index contributed by atoms with van der Waals surface area (Å²) in [5.74, 6) is 0.304. The van der Waals surface area contributed by atoms with Crippen molar-refractivity contribution in [2.24, 2.45) is 0 Å². The highest BCUT2D eigenvalue weighted by atomic mass is 19.3. The van der Waals surface area contributed by atoms with E-state index in [1.54, 1.807) is 22.9 Å². The predicted molar refractivity (Wildman–Crippen MR) is 95.2 cm³/mol. The van der Waals surface area contributed by atoms with E-state index in [9.17, 15) is 13.6 Å². The molecule has 2 aromatic heterocycles. The molecule has 0 atom stereocenters. The lowest BCUT2D eigenvalue weighted by molar-refractivity contribution is 0.0795. The Morgan fingerprint density at radius 2 is 2.14 bits per heavy atom. The Morgan fingerprint density at radius 3 is 2.86 bits per heavy atom. The number of carbonyl (C=O) groups is 1. The van der Waals surface area contributed by atoms with Gasteiger partial charge in [0.2, 0.25) is 5.88 Å². The van der Waals surface area contributed by atoms with E-state index in [4.69, 9.17) is 4.74 Å². The molecule has 3 aromatic rings. The number of carbonyl (C=O) groups excluding carboxylic acids is 1. The summed E-state index contributed by atoms with van der Waals surface area (Å²) in [5, 5.41) is 14.6. The van der Waals surface area contributed by atoms with Crippen molar-refractivity contribution in [3.8, 4) is 17.3 Å². The lowest BCUT2D eigenvalue weighted by Gasteiger charge is -2.08. The molecule has 4 rings (SSSR count). The fourth-order valence-electron chi connectivity index (χ4n) is 2.64. The highest BCUT2D eigenvalue weighted by Gasteiger charge is 2.28. The van der Waals surface area contributed by atoms with E-state index < -0.39 is 13.0 Å². The van der Waals surface area contributed by atoms with E-state index in [1.165, 1.54) is 18.3 Å². The number of rotatable bonds is 7. The largest absolute Gasteiger partial charge is 0.472 e. The van der Waals surface area contributed by atoms with Crippen LogP contribution in [0, 0.1) is 0 Å². The van der Waals surface area contributed by atoms with E-state index in [0.29, 0.717) is 17.6 Å². The van der Waals surface area contributed by atoms with Gasteiger partial charge in [0.05, 0.1) is 11.6 Å². The predicted octanol–water partition coefficient (Wildman–Crippen LogP) is 2.97. The van der Waals surface area contributed by atoms with Crippen LogP contribution >= 0.6 is 0 Å². The van der Waals surface area contributed by atoms with Crippen molar-refractivity contribution in [3.05, 3.63) is 48.2 Å². The number of benzene rings is 1. The number of tetrazole rings is 1. The molecule has 0 unspecified atom stereocenters. The summed E-state index contributed by atoms with van der Waals surface area (Å²) < 4.78 is 30.9. The van der Waals surface area contributed by atoms with Crippen LogP contribution in [-0.4, -0.2) is 44.1 Å². The number of ether oxygens (including phenoxy) is 1. The lowest BCUT2D eigenvalue weighted by Crippen LogP contribution is -2.13. The zero-order chi connectivity index (χ0) is 19.5. The third kappa shape index (κ3) is 4.11. The molecule has 0 aliphatic heterocycles. The Morgan fingerprint density at radius 1 is 1.29 bits per heavy atom. The van der Waals surface area contributed by atoms with E-state index in [1.807, 2.05) is 6.07 Å². The summed E-state index contributed by atoms with van der Waals surface area (Å²) in [6.45, 7) is -0.744. The third-order valence-corrected chi connectivity index (χ3v) is 4.12. The fourth-order valence-corrected chi connectivity index (χ4v) is 2.64. The average Bonchev–Trinajstić information content (AvgIpc) is 3.43. The number of hydrogen-bond donors (Lipinski definition) is 1. The molecular formula is C18H16F2N6O2. The van der Waals surface area contributed by atoms with Crippen molar-refractivity contribution in [2.45, 2.75) is 25.3 Å². The lowest BCUT2D eigenvalue weighted by atomic mass is 10.1. The summed E-state index contributed by atoms with van der Waals surface area (Å²) in [5.41, 5.74) is 1.65. The Balaban J connectivity index is 1.45. The van der Waals surface area contributed by atoms with Gasteiger partial charge >= 0.3 is 0 Å². The van der Waals surface area contributed by atoms with E-state index in [-0.39, 0.29) is 17.4 Å². The van der Waals surface area contributed by atoms with Crippen molar-refractivity contribution < 1.29 is 18.3 Å². The topological polar surface area (TPSA) is 94.8 Å². The summed E-state index contributed by atoms with van der Waals surface area (Å²) >= 11 is 0. The van der Waals surface area contributed by atoms with Gasteiger partial charge in [-0.05, 0) is 41.5 Å². The molecule has 1 saturated carbocycles. The fraction of sp³-hybridized carbons (Fsp3) is 0.278. The van der Waals surface area contributed by atoms with Gasteiger partial charge in [0.1, 0.15) is 0 Å². The zero-order valence-corrected chi connectivity index (χ0v) is 14.6. The van der Waals surface area contributed by atoms with Crippen molar-refractivity contribution >= 4 is 11.6 Å². The molecule has 8 nitrogen and oxygen atoms in total. The number of nitrogens with zero attached hydrogens (tertiary/aromatic N) is 5. The molecule has 144 valence electrons. The quantitative estimate of drug-likeness (QED) is 0.671. The first-order chi connectivity index (χ1) is 13.6. The highest BCUT2D eigenvalue weighted by molar-refractivity contribution is 6.04. The minimum atomic E-state index is -2.59. The number of halogens is 2. The molecule has 1 fully saturated rings. The molecule has 2 heterocycles. The molecule has 1 N–H and O–H groups in total. The van der Waals surface area contributed by atoms with Crippen molar-refractivity contribution in [1.82, 2.24) is 25.2 Å². The molecule has 0 radical (unpaired) electrons. The van der Waals surface area contributed by atoms with Gasteiger partial charge in [-0.15, -0.1) is 5.10 Å². The SMILES string of the molecule is O=C(Nc1cccc(-c2nnnn2C2CC2)c1)c1ccc(OCC(F)F)nc1. The van der Waals surface area contributed by atoms with Gasteiger partial charge in [-0.3, -0.25) is 4.79 Å². The first kappa shape index (κ1) is 18.0. The van der Waals surface area contributed by atoms with E-state index >= 15 is 0 Å². The highest BCUT2D eigenvalue weighted by Crippen LogP contribution is 2.36. The Hall–Kier alpha value is -3.43. The van der Waals surface area contributed by atoms with Crippen LogP contribution in [0.4, 0.5) is 14.5 Å². The summed E-state index contributed by atoms with van der Waals surface area (Å²) in [4.78, 5) is 16.3. The molecule has 1 aromatic carbocycles. The monoisotopic (exact) mass is 386 g/mol. The number of pyridine rings is 1. The normalized spacial score (nSPS) is 13.5. The molecule has 1 aliphatic rings. The van der Waals surface area contributed by atoms with Gasteiger partial charge in [0, 0.05) is 23.5 Å². The molecule has 0 saturated heterocycles. The summed E-state index contributed by atoms with van der Waals surface area (Å²) in [6.07, 6.45) is 0.794. The Kier molecular flexibility index (Phi) is 4.92. The number of alkyl halides is 2. The Labute approximate surface area is 158 Å². The van der Waals surface area contributed by atoms with Crippen LogP contribution in [0.2, 0.25) is 0 Å². The smallest absolute Gasteiger partial charge is 0.272 e. The first-order valence-corrected chi connectivity index (χ1v) is 8.67. The maximum atomic E-state index is 12.4. The second kappa shape index (κ2) is 7.67. The van der Waals surface area contributed by atoms with E-state index in [2.05, 4.69) is 25.8 Å². The number of anilines is 1. The van der Waals surface area contributed by atoms with Gasteiger partial charge in [-0.2, -0.15) is 0 Å². The van der Waals surface area contributed by atoms with Crippen LogP contribution in [-0.2, 0) is 0 Å². The summed E-state index contributed by atoms with van der Waals surface area (Å²) in [7, 11) is 0. The minimum Gasteiger partial charge on any atom is -0.472 e. The van der Waals surface area contributed by atoms with Gasteiger partial charge in [-0.1, -0.05) is 12.1 Å². The van der Waals surface area contributed by atoms with Gasteiger partial charge < -0.3 is 10.1 Å². The maximum Gasteiger partial charge on any atom is 0.272 e. The second-order valence-corrected chi connectivity index (χ2v) is 6.30. The third-order valence-electron chi connectivity index (χ3n) is 4.12. The number of aromatic nitrogens is 5. The number of hydrogen-bond acceptors (Lipinski definition) is 6. The molecule has 28 heavy (non-hydrogen) atoms. The molecule has 1 aliphatic carbocycles. The minimum absolute atomic E-state index is 0.0331. The molecular weight excluding hydrogens is 370 g/mol. The molecule has 10 heteroatoms. The first-order valence-electron chi connectivity index (χ1n) is 8.67. The molecule has 1 amide bonds. The Bertz CT molecular complexity index is 972. The van der Waals surface area contributed by atoms with Crippen molar-refractivity contribution in [1.29, 1.82) is 0 Å².